The maximum absolute atomic E-state index is 10.7. The lowest BCUT2D eigenvalue weighted by atomic mass is 9.85. The quantitative estimate of drug-likeness (QED) is 0.762. The predicted octanol–water partition coefficient (Wildman–Crippen LogP) is 1.49. The standard InChI is InChI=1S/C9H9ClN2O2/c10-7-3-11-9(12-4-7)14-5-6-1-8(13)2-6/h3-4,6H,1-2,5H2. The van der Waals surface area contributed by atoms with E-state index in [9.17, 15) is 4.79 Å². The number of carbonyl (C=O) groups excluding carboxylic acids is 1. The molecular formula is C9H9ClN2O2. The zero-order chi connectivity index (χ0) is 9.97. The smallest absolute Gasteiger partial charge is 0.316 e. The molecule has 0 amide bonds. The van der Waals surface area contributed by atoms with Crippen LogP contribution in [0.5, 0.6) is 6.01 Å². The summed E-state index contributed by atoms with van der Waals surface area (Å²) in [7, 11) is 0. The SMILES string of the molecule is O=C1CC(COc2ncc(Cl)cn2)C1. The molecule has 0 atom stereocenters. The van der Waals surface area contributed by atoms with Gasteiger partial charge in [0.05, 0.1) is 24.0 Å². The molecule has 0 aromatic carbocycles. The van der Waals surface area contributed by atoms with Crippen LogP contribution in [-0.2, 0) is 4.79 Å². The molecule has 0 N–H and O–H groups in total. The molecular weight excluding hydrogens is 204 g/mol. The molecule has 14 heavy (non-hydrogen) atoms. The lowest BCUT2D eigenvalue weighted by molar-refractivity contribution is -0.127. The van der Waals surface area contributed by atoms with Gasteiger partial charge in [-0.05, 0) is 0 Å². The average Bonchev–Trinajstić information content (AvgIpc) is 2.13. The van der Waals surface area contributed by atoms with Crippen molar-refractivity contribution in [3.63, 3.8) is 0 Å². The van der Waals surface area contributed by atoms with E-state index >= 15 is 0 Å². The Kier molecular flexibility index (Phi) is 2.63. The Morgan fingerprint density at radius 2 is 2.07 bits per heavy atom. The van der Waals surface area contributed by atoms with Gasteiger partial charge in [-0.25, -0.2) is 9.97 Å². The average molecular weight is 213 g/mol. The molecule has 1 saturated carbocycles. The van der Waals surface area contributed by atoms with Crippen LogP contribution in [0.3, 0.4) is 0 Å². The van der Waals surface area contributed by atoms with E-state index in [0.29, 0.717) is 42.2 Å². The van der Waals surface area contributed by atoms with Crippen LogP contribution >= 0.6 is 11.6 Å². The van der Waals surface area contributed by atoms with Gasteiger partial charge in [-0.15, -0.1) is 0 Å². The fourth-order valence-corrected chi connectivity index (χ4v) is 1.37. The number of rotatable bonds is 3. The second kappa shape index (κ2) is 3.92. The number of ketones is 1. The van der Waals surface area contributed by atoms with Gasteiger partial charge in [0.2, 0.25) is 0 Å². The summed E-state index contributed by atoms with van der Waals surface area (Å²) in [5, 5.41) is 0.483. The normalized spacial score (nSPS) is 16.5. The topological polar surface area (TPSA) is 52.1 Å². The Balaban J connectivity index is 1.80. The molecule has 0 bridgehead atoms. The highest BCUT2D eigenvalue weighted by Crippen LogP contribution is 2.23. The predicted molar refractivity (Wildman–Crippen MR) is 50.3 cm³/mol. The van der Waals surface area contributed by atoms with Crippen LogP contribution in [0.1, 0.15) is 12.8 Å². The van der Waals surface area contributed by atoms with Crippen molar-refractivity contribution in [2.45, 2.75) is 12.8 Å². The highest BCUT2D eigenvalue weighted by Gasteiger charge is 2.27. The van der Waals surface area contributed by atoms with Crippen molar-refractivity contribution in [2.75, 3.05) is 6.61 Å². The van der Waals surface area contributed by atoms with Gasteiger partial charge in [0.1, 0.15) is 5.78 Å². The summed E-state index contributed by atoms with van der Waals surface area (Å²) in [5.41, 5.74) is 0. The van der Waals surface area contributed by atoms with Crippen LogP contribution in [0, 0.1) is 5.92 Å². The lowest BCUT2D eigenvalue weighted by Crippen LogP contribution is -2.28. The van der Waals surface area contributed by atoms with Gasteiger partial charge in [-0.2, -0.15) is 0 Å². The molecule has 1 fully saturated rings. The third kappa shape index (κ3) is 2.20. The fourth-order valence-electron chi connectivity index (χ4n) is 1.27. The number of hydrogen-bond donors (Lipinski definition) is 0. The minimum Gasteiger partial charge on any atom is -0.463 e. The minimum absolute atomic E-state index is 0.302. The highest BCUT2D eigenvalue weighted by atomic mass is 35.5. The second-order valence-electron chi connectivity index (χ2n) is 3.31. The first-order valence-corrected chi connectivity index (χ1v) is 4.74. The lowest BCUT2D eigenvalue weighted by Gasteiger charge is -2.23. The minimum atomic E-state index is 0.302. The van der Waals surface area contributed by atoms with Crippen LogP contribution in [0.25, 0.3) is 0 Å². The molecule has 0 spiro atoms. The Morgan fingerprint density at radius 3 is 2.64 bits per heavy atom. The van der Waals surface area contributed by atoms with Gasteiger partial charge in [0.15, 0.2) is 0 Å². The zero-order valence-electron chi connectivity index (χ0n) is 7.44. The van der Waals surface area contributed by atoms with Gasteiger partial charge < -0.3 is 4.74 Å². The van der Waals surface area contributed by atoms with Crippen LogP contribution in [0.15, 0.2) is 12.4 Å². The maximum Gasteiger partial charge on any atom is 0.316 e. The number of carbonyl (C=O) groups is 1. The molecule has 0 aliphatic heterocycles. The first kappa shape index (κ1) is 9.40. The Morgan fingerprint density at radius 1 is 1.43 bits per heavy atom. The molecule has 74 valence electrons. The van der Waals surface area contributed by atoms with E-state index in [2.05, 4.69) is 9.97 Å². The fraction of sp³-hybridized carbons (Fsp3) is 0.444. The third-order valence-electron chi connectivity index (χ3n) is 2.08. The summed E-state index contributed by atoms with van der Waals surface area (Å²) in [4.78, 5) is 18.4. The number of nitrogens with zero attached hydrogens (tertiary/aromatic N) is 2. The van der Waals surface area contributed by atoms with Gasteiger partial charge in [0, 0.05) is 18.8 Å². The van der Waals surface area contributed by atoms with E-state index in [4.69, 9.17) is 16.3 Å². The largest absolute Gasteiger partial charge is 0.463 e. The van der Waals surface area contributed by atoms with E-state index in [1.165, 1.54) is 12.4 Å². The van der Waals surface area contributed by atoms with Crippen molar-refractivity contribution in [1.82, 2.24) is 9.97 Å². The molecule has 0 saturated heterocycles. The summed E-state index contributed by atoms with van der Waals surface area (Å²) in [6.45, 7) is 0.507. The van der Waals surface area contributed by atoms with Gasteiger partial charge in [0.25, 0.3) is 0 Å². The van der Waals surface area contributed by atoms with Crippen LogP contribution in [0.4, 0.5) is 0 Å². The number of Topliss-reactive ketones (excluding diaryl/α,β-unsaturated/α-hetero) is 1. The van der Waals surface area contributed by atoms with Crippen LogP contribution < -0.4 is 4.74 Å². The molecule has 1 aromatic heterocycles. The van der Waals surface area contributed by atoms with E-state index in [0.717, 1.165) is 0 Å². The van der Waals surface area contributed by atoms with Gasteiger partial charge in [-0.1, -0.05) is 11.6 Å². The summed E-state index contributed by atoms with van der Waals surface area (Å²) in [6, 6.07) is 0.314. The first-order chi connectivity index (χ1) is 6.74. The monoisotopic (exact) mass is 212 g/mol. The summed E-state index contributed by atoms with van der Waals surface area (Å²) < 4.78 is 5.28. The van der Waals surface area contributed by atoms with E-state index in [-0.39, 0.29) is 0 Å². The molecule has 2 rings (SSSR count). The molecule has 1 heterocycles. The van der Waals surface area contributed by atoms with Crippen LogP contribution in [-0.4, -0.2) is 22.4 Å². The summed E-state index contributed by atoms with van der Waals surface area (Å²) in [6.07, 6.45) is 4.20. The van der Waals surface area contributed by atoms with Crippen LogP contribution in [0.2, 0.25) is 5.02 Å². The Labute approximate surface area is 86.3 Å². The van der Waals surface area contributed by atoms with Crippen molar-refractivity contribution in [2.24, 2.45) is 5.92 Å². The number of halogens is 1. The van der Waals surface area contributed by atoms with Crippen molar-refractivity contribution >= 4 is 17.4 Å². The molecule has 0 radical (unpaired) electrons. The Bertz CT molecular complexity index is 331. The van der Waals surface area contributed by atoms with Crippen molar-refractivity contribution < 1.29 is 9.53 Å². The van der Waals surface area contributed by atoms with Crippen molar-refractivity contribution in [3.8, 4) is 6.01 Å². The van der Waals surface area contributed by atoms with E-state index < -0.39 is 0 Å². The van der Waals surface area contributed by atoms with Crippen molar-refractivity contribution in [1.29, 1.82) is 0 Å². The number of ether oxygens (including phenoxy) is 1. The third-order valence-corrected chi connectivity index (χ3v) is 2.27. The Hall–Kier alpha value is -1.16. The second-order valence-corrected chi connectivity index (χ2v) is 3.74. The zero-order valence-corrected chi connectivity index (χ0v) is 8.20. The maximum atomic E-state index is 10.7. The van der Waals surface area contributed by atoms with Crippen molar-refractivity contribution in [3.05, 3.63) is 17.4 Å². The molecule has 1 aliphatic rings. The molecule has 0 unspecified atom stereocenters. The summed E-state index contributed by atoms with van der Waals surface area (Å²) >= 11 is 5.61. The first-order valence-electron chi connectivity index (χ1n) is 4.36. The molecule has 1 aliphatic carbocycles. The van der Waals surface area contributed by atoms with E-state index in [1.54, 1.807) is 0 Å². The van der Waals surface area contributed by atoms with Gasteiger partial charge >= 0.3 is 6.01 Å². The number of hydrogen-bond acceptors (Lipinski definition) is 4. The van der Waals surface area contributed by atoms with Gasteiger partial charge in [-0.3, -0.25) is 4.79 Å². The molecule has 1 aromatic rings. The highest BCUT2D eigenvalue weighted by molar-refractivity contribution is 6.30. The molecule has 5 heteroatoms. The number of aromatic nitrogens is 2. The summed E-state index contributed by atoms with van der Waals surface area (Å²) in [5.74, 6) is 0.636. The van der Waals surface area contributed by atoms with E-state index in [1.807, 2.05) is 0 Å². The molecule has 4 nitrogen and oxygen atoms in total.